The van der Waals surface area contributed by atoms with Crippen LogP contribution in [0.5, 0.6) is 5.75 Å². The van der Waals surface area contributed by atoms with Gasteiger partial charge in [0.1, 0.15) is 5.75 Å². The Hall–Kier alpha value is -0.680. The first-order chi connectivity index (χ1) is 15.8. The lowest BCUT2D eigenvalue weighted by Crippen LogP contribution is -2.64. The largest absolute Gasteiger partial charge is 0.438 e. The standard InChI is InChI=1S/C18H13F6I3O7S/c1-2-3-4-5-10(14(28)33-13-11(26)6-9(25)7-12(13)27)15(29)34-16(17(19,20)21,18(22,23)24)8-35(30,31)32/h2-7,10H,8H2,1H3,(H,30,31,32)/b3-2-,5-4-. The third-order valence-electron chi connectivity index (χ3n) is 3.86. The van der Waals surface area contributed by atoms with Crippen LogP contribution in [0.4, 0.5) is 26.3 Å². The normalized spacial score (nSPS) is 14.4. The van der Waals surface area contributed by atoms with E-state index in [0.717, 1.165) is 6.08 Å². The predicted octanol–water partition coefficient (Wildman–Crippen LogP) is 5.45. The number of carbonyl (C=O) groups excluding carboxylic acids is 2. The van der Waals surface area contributed by atoms with Gasteiger partial charge >= 0.3 is 29.9 Å². The Kier molecular flexibility index (Phi) is 11.3. The Labute approximate surface area is 235 Å². The fourth-order valence-corrected chi connectivity index (χ4v) is 6.99. The molecule has 7 nitrogen and oxygen atoms in total. The Bertz CT molecular complexity index is 1090. The summed E-state index contributed by atoms with van der Waals surface area (Å²) < 4.78 is 122. The van der Waals surface area contributed by atoms with Crippen molar-refractivity contribution in [2.45, 2.75) is 24.9 Å². The molecule has 0 amide bonds. The molecule has 0 aromatic heterocycles. The summed E-state index contributed by atoms with van der Waals surface area (Å²) >= 11 is 5.45. The molecule has 0 aliphatic rings. The summed E-state index contributed by atoms with van der Waals surface area (Å²) in [6.45, 7) is 1.48. The highest BCUT2D eigenvalue weighted by atomic mass is 127. The fourth-order valence-electron chi connectivity index (χ4n) is 2.29. The SMILES string of the molecule is C/C=C\C=C/C(C(=O)Oc1c(I)cc(I)cc1I)C(=O)OC(CS(=O)(=O)O)(C(F)(F)F)C(F)(F)F. The minimum absolute atomic E-state index is 0.121. The average molecular weight is 868 g/mol. The van der Waals surface area contributed by atoms with E-state index in [9.17, 15) is 44.3 Å². The van der Waals surface area contributed by atoms with Gasteiger partial charge in [-0.05, 0) is 86.8 Å². The molecule has 1 N–H and O–H groups in total. The first-order valence-corrected chi connectivity index (χ1v) is 13.6. The molecule has 0 bridgehead atoms. The van der Waals surface area contributed by atoms with Crippen LogP contribution < -0.4 is 4.74 Å². The van der Waals surface area contributed by atoms with Crippen molar-refractivity contribution in [3.05, 3.63) is 47.1 Å². The Balaban J connectivity index is 3.56. The van der Waals surface area contributed by atoms with E-state index in [4.69, 9.17) is 9.29 Å². The predicted molar refractivity (Wildman–Crippen MR) is 135 cm³/mol. The van der Waals surface area contributed by atoms with Crippen LogP contribution in [0.15, 0.2) is 36.4 Å². The molecule has 1 unspecified atom stereocenters. The zero-order valence-electron chi connectivity index (χ0n) is 17.0. The van der Waals surface area contributed by atoms with Gasteiger partial charge in [0.25, 0.3) is 10.1 Å². The summed E-state index contributed by atoms with van der Waals surface area (Å²) in [5.74, 6) is -9.68. The van der Waals surface area contributed by atoms with Crippen LogP contribution in [0.3, 0.4) is 0 Å². The van der Waals surface area contributed by atoms with Gasteiger partial charge < -0.3 is 9.47 Å². The maximum atomic E-state index is 13.5. The lowest BCUT2D eigenvalue weighted by Gasteiger charge is -2.35. The van der Waals surface area contributed by atoms with Crippen molar-refractivity contribution >= 4 is 89.8 Å². The summed E-state index contributed by atoms with van der Waals surface area (Å²) in [7, 11) is -5.99. The summed E-state index contributed by atoms with van der Waals surface area (Å²) in [6, 6.07) is 3.08. The molecule has 35 heavy (non-hydrogen) atoms. The van der Waals surface area contributed by atoms with Gasteiger partial charge in [0.2, 0.25) is 0 Å². The molecular weight excluding hydrogens is 855 g/mol. The molecule has 0 spiro atoms. The molecule has 196 valence electrons. The van der Waals surface area contributed by atoms with Crippen molar-refractivity contribution in [2.24, 2.45) is 5.92 Å². The molecular formula is C18H13F6I3O7S. The highest BCUT2D eigenvalue weighted by molar-refractivity contribution is 14.1. The van der Waals surface area contributed by atoms with E-state index in [0.29, 0.717) is 16.8 Å². The maximum absolute atomic E-state index is 13.5. The molecule has 0 aliphatic carbocycles. The zero-order chi connectivity index (χ0) is 27.4. The first-order valence-electron chi connectivity index (χ1n) is 8.73. The first kappa shape index (κ1) is 32.3. The van der Waals surface area contributed by atoms with Gasteiger partial charge in [-0.3, -0.25) is 14.1 Å². The zero-order valence-corrected chi connectivity index (χ0v) is 24.2. The van der Waals surface area contributed by atoms with Crippen molar-refractivity contribution in [1.82, 2.24) is 0 Å². The molecule has 17 heteroatoms. The topological polar surface area (TPSA) is 107 Å². The van der Waals surface area contributed by atoms with Gasteiger partial charge in [-0.25, -0.2) is 0 Å². The molecule has 0 heterocycles. The molecule has 0 aliphatic heterocycles. The van der Waals surface area contributed by atoms with E-state index >= 15 is 0 Å². The van der Waals surface area contributed by atoms with Crippen molar-refractivity contribution in [2.75, 3.05) is 5.75 Å². The molecule has 1 rings (SSSR count). The van der Waals surface area contributed by atoms with Crippen molar-refractivity contribution < 1.29 is 58.4 Å². The van der Waals surface area contributed by atoms with E-state index in [1.807, 2.05) is 22.6 Å². The number of ether oxygens (including phenoxy) is 2. The highest BCUT2D eigenvalue weighted by Gasteiger charge is 2.76. The number of carbonyl (C=O) groups is 2. The van der Waals surface area contributed by atoms with Gasteiger partial charge in [-0.15, -0.1) is 0 Å². The van der Waals surface area contributed by atoms with Crippen LogP contribution in [0.25, 0.3) is 0 Å². The van der Waals surface area contributed by atoms with Crippen LogP contribution in [-0.2, 0) is 24.4 Å². The number of halogens is 9. The van der Waals surface area contributed by atoms with E-state index in [1.165, 1.54) is 19.1 Å². The van der Waals surface area contributed by atoms with Crippen LogP contribution in [0.1, 0.15) is 6.92 Å². The van der Waals surface area contributed by atoms with Crippen LogP contribution in [-0.4, -0.2) is 48.6 Å². The second-order valence-corrected chi connectivity index (χ2v) is 11.5. The van der Waals surface area contributed by atoms with Crippen LogP contribution in [0, 0.1) is 16.6 Å². The van der Waals surface area contributed by atoms with E-state index in [-0.39, 0.29) is 5.75 Å². The van der Waals surface area contributed by atoms with E-state index < -0.39 is 51.7 Å². The lowest BCUT2D eigenvalue weighted by atomic mass is 10.0. The van der Waals surface area contributed by atoms with Gasteiger partial charge in [0, 0.05) is 3.57 Å². The number of hydrogen-bond acceptors (Lipinski definition) is 6. The fraction of sp³-hybridized carbons (Fsp3) is 0.333. The number of benzene rings is 1. The Morgan fingerprint density at radius 3 is 1.89 bits per heavy atom. The third kappa shape index (κ3) is 8.69. The Morgan fingerprint density at radius 1 is 1.00 bits per heavy atom. The Morgan fingerprint density at radius 2 is 1.49 bits per heavy atom. The molecule has 1 aromatic rings. The summed E-state index contributed by atoms with van der Waals surface area (Å²) in [4.78, 5) is 25.2. The highest BCUT2D eigenvalue weighted by Crippen LogP contribution is 2.47. The molecule has 0 radical (unpaired) electrons. The van der Waals surface area contributed by atoms with Crippen molar-refractivity contribution in [3.63, 3.8) is 0 Å². The third-order valence-corrected chi connectivity index (χ3v) is 6.85. The van der Waals surface area contributed by atoms with Gasteiger partial charge in [-0.1, -0.05) is 24.3 Å². The molecule has 1 atom stereocenters. The van der Waals surface area contributed by atoms with Gasteiger partial charge in [0.15, 0.2) is 11.7 Å². The van der Waals surface area contributed by atoms with Crippen molar-refractivity contribution in [3.8, 4) is 5.75 Å². The van der Waals surface area contributed by atoms with Crippen LogP contribution in [0.2, 0.25) is 0 Å². The molecule has 0 saturated heterocycles. The smallest absolute Gasteiger partial charge is 0.437 e. The van der Waals surface area contributed by atoms with E-state index in [1.54, 1.807) is 57.3 Å². The number of alkyl halides is 6. The number of esters is 2. The minimum Gasteiger partial charge on any atom is -0.437 e. The molecule has 1 aromatic carbocycles. The number of rotatable bonds is 8. The summed E-state index contributed by atoms with van der Waals surface area (Å²) in [5.41, 5.74) is -5.66. The lowest BCUT2D eigenvalue weighted by molar-refractivity contribution is -0.361. The quantitative estimate of drug-likeness (QED) is 0.0706. The van der Waals surface area contributed by atoms with Gasteiger partial charge in [0.05, 0.1) is 7.14 Å². The minimum atomic E-state index is -6.54. The number of hydrogen-bond donors (Lipinski definition) is 1. The molecule has 0 saturated carbocycles. The number of allylic oxidation sites excluding steroid dienone is 3. The maximum Gasteiger partial charge on any atom is 0.438 e. The summed E-state index contributed by atoms with van der Waals surface area (Å²) in [5, 5.41) is 0. The molecule has 0 fully saturated rings. The van der Waals surface area contributed by atoms with Crippen LogP contribution >= 0.6 is 67.8 Å². The van der Waals surface area contributed by atoms with Crippen molar-refractivity contribution in [1.29, 1.82) is 0 Å². The second-order valence-electron chi connectivity index (χ2n) is 6.48. The monoisotopic (exact) mass is 868 g/mol. The van der Waals surface area contributed by atoms with Gasteiger partial charge in [-0.2, -0.15) is 34.8 Å². The second kappa shape index (κ2) is 12.2. The average Bonchev–Trinajstić information content (AvgIpc) is 2.64. The van der Waals surface area contributed by atoms with E-state index in [2.05, 4.69) is 4.74 Å². The summed E-state index contributed by atoms with van der Waals surface area (Å²) in [6.07, 6.45) is -8.95.